The topological polar surface area (TPSA) is 76.1 Å². The molecular formula is C20H17F7N2O3S. The van der Waals surface area contributed by atoms with Crippen LogP contribution in [0.4, 0.5) is 30.7 Å². The molecule has 0 atom stereocenters. The van der Waals surface area contributed by atoms with E-state index in [9.17, 15) is 39.6 Å². The van der Waals surface area contributed by atoms with Crippen molar-refractivity contribution in [2.45, 2.75) is 54.0 Å². The Labute approximate surface area is 183 Å². The lowest BCUT2D eigenvalue weighted by Crippen LogP contribution is -2.45. The Bertz CT molecular complexity index is 1140. The van der Waals surface area contributed by atoms with Gasteiger partial charge in [0.05, 0.1) is 16.0 Å². The highest BCUT2D eigenvalue weighted by atomic mass is 32.2. The van der Waals surface area contributed by atoms with Gasteiger partial charge in [-0.3, -0.25) is 9.78 Å². The van der Waals surface area contributed by atoms with Gasteiger partial charge in [-0.1, -0.05) is 6.07 Å². The fraction of sp³-hybridized carbons (Fsp3) is 0.400. The van der Waals surface area contributed by atoms with Crippen LogP contribution in [0.1, 0.15) is 47.3 Å². The summed E-state index contributed by atoms with van der Waals surface area (Å²) in [6, 6.07) is 3.26. The Morgan fingerprint density at radius 3 is 2.12 bits per heavy atom. The summed E-state index contributed by atoms with van der Waals surface area (Å²) in [7, 11) is -4.79. The van der Waals surface area contributed by atoms with Gasteiger partial charge in [-0.2, -0.15) is 26.3 Å². The molecule has 1 saturated carbocycles. The molecule has 2 aromatic rings. The first-order chi connectivity index (χ1) is 15.1. The maximum atomic E-state index is 15.4. The molecule has 0 bridgehead atoms. The molecule has 0 unspecified atom stereocenters. The minimum absolute atomic E-state index is 0.195. The number of pyridine rings is 1. The van der Waals surface area contributed by atoms with Crippen LogP contribution in [-0.2, 0) is 22.2 Å². The number of hydrogen-bond donors (Lipinski definition) is 1. The van der Waals surface area contributed by atoms with Crippen molar-refractivity contribution in [3.8, 4) is 0 Å². The fourth-order valence-electron chi connectivity index (χ4n) is 3.50. The minimum Gasteiger partial charge on any atom is -0.348 e. The smallest absolute Gasteiger partial charge is 0.348 e. The molecule has 5 nitrogen and oxygen atoms in total. The molecule has 180 valence electrons. The van der Waals surface area contributed by atoms with Crippen LogP contribution in [0.25, 0.3) is 0 Å². The van der Waals surface area contributed by atoms with Gasteiger partial charge in [0, 0.05) is 12.2 Å². The molecule has 0 radical (unpaired) electrons. The zero-order valence-electron chi connectivity index (χ0n) is 16.7. The first-order valence-electron chi connectivity index (χ1n) is 9.58. The van der Waals surface area contributed by atoms with E-state index in [-0.39, 0.29) is 12.8 Å². The van der Waals surface area contributed by atoms with E-state index in [1.165, 1.54) is 0 Å². The molecule has 1 heterocycles. The number of amides is 1. The zero-order valence-corrected chi connectivity index (χ0v) is 17.5. The third kappa shape index (κ3) is 5.28. The molecule has 1 fully saturated rings. The van der Waals surface area contributed by atoms with Crippen molar-refractivity contribution in [2.24, 2.45) is 0 Å². The number of rotatable bonds is 4. The molecule has 1 N–H and O–H groups in total. The van der Waals surface area contributed by atoms with E-state index >= 15 is 4.39 Å². The number of sulfone groups is 1. The highest BCUT2D eigenvalue weighted by Crippen LogP contribution is 2.41. The lowest BCUT2D eigenvalue weighted by molar-refractivity contribution is -0.138. The molecule has 0 aliphatic heterocycles. The summed E-state index contributed by atoms with van der Waals surface area (Å²) >= 11 is 0. The normalized spacial score (nSPS) is 22.1. The molecule has 1 aliphatic rings. The largest absolute Gasteiger partial charge is 0.416 e. The summed E-state index contributed by atoms with van der Waals surface area (Å²) in [6.07, 6.45) is -10.3. The van der Waals surface area contributed by atoms with Crippen molar-refractivity contribution < 1.29 is 43.9 Å². The van der Waals surface area contributed by atoms with E-state index in [2.05, 4.69) is 10.3 Å². The number of halogens is 7. The summed E-state index contributed by atoms with van der Waals surface area (Å²) in [6.45, 7) is 0. The Hall–Kier alpha value is -2.70. The average molecular weight is 498 g/mol. The number of aromatic nitrogens is 1. The maximum absolute atomic E-state index is 15.4. The summed E-state index contributed by atoms with van der Waals surface area (Å²) < 4.78 is 118. The summed E-state index contributed by atoms with van der Waals surface area (Å²) in [5, 5.41) is -0.461. The average Bonchev–Trinajstić information content (AvgIpc) is 2.74. The van der Waals surface area contributed by atoms with E-state index in [1.807, 2.05) is 0 Å². The molecule has 0 spiro atoms. The predicted octanol–water partition coefficient (Wildman–Crippen LogP) is 4.93. The Morgan fingerprint density at radius 1 is 0.970 bits per heavy atom. The van der Waals surface area contributed by atoms with Crippen LogP contribution in [0.5, 0.6) is 0 Å². The first kappa shape index (κ1) is 24.9. The third-order valence-electron chi connectivity index (χ3n) is 5.34. The molecular weight excluding hydrogens is 481 g/mol. The Morgan fingerprint density at radius 2 is 1.55 bits per heavy atom. The van der Waals surface area contributed by atoms with Gasteiger partial charge in [-0.05, 0) is 56.0 Å². The van der Waals surface area contributed by atoms with E-state index in [1.54, 1.807) is 0 Å². The number of nitrogens with one attached hydrogen (secondary N) is 1. The number of carbonyl (C=O) groups is 1. The van der Waals surface area contributed by atoms with Gasteiger partial charge in [0.25, 0.3) is 5.91 Å². The maximum Gasteiger partial charge on any atom is 0.416 e. The summed E-state index contributed by atoms with van der Waals surface area (Å²) in [5.41, 5.74) is -2.83. The van der Waals surface area contributed by atoms with Crippen molar-refractivity contribution in [3.63, 3.8) is 0 Å². The second-order valence-corrected chi connectivity index (χ2v) is 9.80. The number of alkyl halides is 7. The van der Waals surface area contributed by atoms with Crippen molar-refractivity contribution in [1.29, 1.82) is 0 Å². The summed E-state index contributed by atoms with van der Waals surface area (Å²) in [5.74, 6) is -0.946. The highest BCUT2D eigenvalue weighted by molar-refractivity contribution is 7.92. The van der Waals surface area contributed by atoms with Gasteiger partial charge in [0.1, 0.15) is 5.69 Å². The zero-order chi connectivity index (χ0) is 24.7. The lowest BCUT2D eigenvalue weighted by atomic mass is 9.93. The molecule has 1 aromatic carbocycles. The SMILES string of the molecule is O=C(N[C@H]1CC[C@](F)(S(=O)(=O)c2cccc(C(F)(F)F)c2)CC1)c1cc(C(F)(F)F)ccn1. The van der Waals surface area contributed by atoms with Crippen molar-refractivity contribution >= 4 is 15.7 Å². The van der Waals surface area contributed by atoms with Gasteiger partial charge >= 0.3 is 12.4 Å². The molecule has 1 aromatic heterocycles. The van der Waals surface area contributed by atoms with Gasteiger partial charge in [-0.15, -0.1) is 0 Å². The molecule has 0 saturated heterocycles. The van der Waals surface area contributed by atoms with E-state index in [4.69, 9.17) is 0 Å². The van der Waals surface area contributed by atoms with E-state index in [0.717, 1.165) is 18.3 Å². The van der Waals surface area contributed by atoms with E-state index < -0.39 is 73.7 Å². The fourth-order valence-corrected chi connectivity index (χ4v) is 5.24. The van der Waals surface area contributed by atoms with Crippen molar-refractivity contribution in [2.75, 3.05) is 0 Å². The predicted molar refractivity (Wildman–Crippen MR) is 101 cm³/mol. The quantitative estimate of drug-likeness (QED) is 0.607. The van der Waals surface area contributed by atoms with Crippen LogP contribution >= 0.6 is 0 Å². The number of benzene rings is 1. The van der Waals surface area contributed by atoms with E-state index in [0.29, 0.717) is 24.3 Å². The van der Waals surface area contributed by atoms with Crippen LogP contribution in [0.3, 0.4) is 0 Å². The van der Waals surface area contributed by atoms with Gasteiger partial charge in [-0.25, -0.2) is 12.8 Å². The van der Waals surface area contributed by atoms with Gasteiger partial charge < -0.3 is 5.32 Å². The van der Waals surface area contributed by atoms with Gasteiger partial charge in [0.2, 0.25) is 14.8 Å². The second kappa shape index (κ2) is 8.58. The van der Waals surface area contributed by atoms with Crippen LogP contribution < -0.4 is 5.32 Å². The molecule has 1 amide bonds. The molecule has 33 heavy (non-hydrogen) atoms. The second-order valence-electron chi connectivity index (χ2n) is 7.59. The highest BCUT2D eigenvalue weighted by Gasteiger charge is 2.48. The number of hydrogen-bond acceptors (Lipinski definition) is 4. The van der Waals surface area contributed by atoms with Crippen LogP contribution in [0.15, 0.2) is 47.5 Å². The third-order valence-corrected chi connectivity index (χ3v) is 7.59. The molecule has 3 rings (SSSR count). The standard InChI is InChI=1S/C20H17F7N2O3S/c21-18(33(31,32)15-3-1-2-12(10-15)19(22,23)24)7-4-14(5-8-18)29-17(30)16-11-13(6-9-28-16)20(25,26)27/h1-3,6,9-11,14H,4-5,7-8H2,(H,29,30)/t14-,18-. The Kier molecular flexibility index (Phi) is 6.48. The van der Waals surface area contributed by atoms with Crippen LogP contribution in [0.2, 0.25) is 0 Å². The lowest BCUT2D eigenvalue weighted by Gasteiger charge is -2.33. The van der Waals surface area contributed by atoms with Crippen LogP contribution in [0, 0.1) is 0 Å². The van der Waals surface area contributed by atoms with Crippen molar-refractivity contribution in [1.82, 2.24) is 10.3 Å². The van der Waals surface area contributed by atoms with Crippen LogP contribution in [-0.4, -0.2) is 30.4 Å². The number of nitrogens with zero attached hydrogens (tertiary/aromatic N) is 1. The Balaban J connectivity index is 1.70. The van der Waals surface area contributed by atoms with Gasteiger partial charge in [0.15, 0.2) is 0 Å². The molecule has 1 aliphatic carbocycles. The minimum atomic E-state index is -4.81. The first-order valence-corrected chi connectivity index (χ1v) is 11.1. The molecule has 13 heteroatoms. The summed E-state index contributed by atoms with van der Waals surface area (Å²) in [4.78, 5) is 15.0. The monoisotopic (exact) mass is 498 g/mol. The number of carbonyl (C=O) groups excluding carboxylic acids is 1. The van der Waals surface area contributed by atoms with Crippen molar-refractivity contribution in [3.05, 3.63) is 59.4 Å².